The Morgan fingerprint density at radius 1 is 0.944 bits per heavy atom. The Morgan fingerprint density at radius 3 is 2.00 bits per heavy atom. The number of unbranched alkanes of at least 4 members (excludes halogenated alkanes) is 4. The Balaban J connectivity index is 2.42. The number of halogens is 2. The highest BCUT2D eigenvalue weighted by Gasteiger charge is 2.52. The standard InChI is InChI=1S/C16H30F2/c1-4-6-8-9-11-15(3,10-7-5-2)14-12-16(17,18)13-14/h14H,4-13H2,1-3H3. The Morgan fingerprint density at radius 2 is 1.50 bits per heavy atom. The molecular formula is C16H30F2. The Bertz CT molecular complexity index is 229. The lowest BCUT2D eigenvalue weighted by Crippen LogP contribution is -2.44. The first-order chi connectivity index (χ1) is 8.43. The van der Waals surface area contributed by atoms with Crippen LogP contribution in [-0.4, -0.2) is 5.92 Å². The molecule has 1 saturated carbocycles. The van der Waals surface area contributed by atoms with Gasteiger partial charge in [0.15, 0.2) is 0 Å². The van der Waals surface area contributed by atoms with E-state index in [0.29, 0.717) is 0 Å². The molecule has 0 aliphatic heterocycles. The predicted octanol–water partition coefficient (Wildman–Crippen LogP) is 6.20. The molecule has 18 heavy (non-hydrogen) atoms. The number of alkyl halides is 2. The van der Waals surface area contributed by atoms with E-state index in [-0.39, 0.29) is 24.2 Å². The predicted molar refractivity (Wildman–Crippen MR) is 74.1 cm³/mol. The summed E-state index contributed by atoms with van der Waals surface area (Å²) in [7, 11) is 0. The third-order valence-corrected chi connectivity index (χ3v) is 4.78. The summed E-state index contributed by atoms with van der Waals surface area (Å²) in [5.74, 6) is -2.10. The van der Waals surface area contributed by atoms with Crippen LogP contribution in [0.25, 0.3) is 0 Å². The quantitative estimate of drug-likeness (QED) is 0.433. The maximum atomic E-state index is 13.1. The van der Waals surface area contributed by atoms with Crippen molar-refractivity contribution in [3.63, 3.8) is 0 Å². The minimum Gasteiger partial charge on any atom is -0.207 e. The Kier molecular flexibility index (Phi) is 6.07. The van der Waals surface area contributed by atoms with Gasteiger partial charge >= 0.3 is 0 Å². The van der Waals surface area contributed by atoms with Gasteiger partial charge in [0.2, 0.25) is 5.92 Å². The zero-order chi connectivity index (χ0) is 13.6. The first-order valence-electron chi connectivity index (χ1n) is 7.81. The van der Waals surface area contributed by atoms with Gasteiger partial charge in [-0.2, -0.15) is 0 Å². The molecule has 0 aromatic heterocycles. The van der Waals surface area contributed by atoms with E-state index in [4.69, 9.17) is 0 Å². The van der Waals surface area contributed by atoms with Gasteiger partial charge in [0.05, 0.1) is 0 Å². The van der Waals surface area contributed by atoms with Gasteiger partial charge in [-0.05, 0) is 24.2 Å². The van der Waals surface area contributed by atoms with Crippen molar-refractivity contribution in [1.29, 1.82) is 0 Å². The van der Waals surface area contributed by atoms with Crippen molar-refractivity contribution >= 4 is 0 Å². The third kappa shape index (κ3) is 4.51. The van der Waals surface area contributed by atoms with Crippen LogP contribution in [-0.2, 0) is 0 Å². The fraction of sp³-hybridized carbons (Fsp3) is 1.00. The van der Waals surface area contributed by atoms with Gasteiger partial charge in [-0.15, -0.1) is 0 Å². The van der Waals surface area contributed by atoms with Crippen molar-refractivity contribution in [1.82, 2.24) is 0 Å². The summed E-state index contributed by atoms with van der Waals surface area (Å²) < 4.78 is 26.2. The second kappa shape index (κ2) is 6.86. The van der Waals surface area contributed by atoms with E-state index in [1.807, 2.05) is 0 Å². The van der Waals surface area contributed by atoms with Crippen molar-refractivity contribution in [3.8, 4) is 0 Å². The molecule has 1 atom stereocenters. The van der Waals surface area contributed by atoms with Crippen LogP contribution in [0.4, 0.5) is 8.78 Å². The maximum absolute atomic E-state index is 13.1. The minimum atomic E-state index is -2.36. The average molecular weight is 260 g/mol. The van der Waals surface area contributed by atoms with E-state index in [9.17, 15) is 8.78 Å². The lowest BCUT2D eigenvalue weighted by molar-refractivity contribution is -0.148. The topological polar surface area (TPSA) is 0 Å². The highest BCUT2D eigenvalue weighted by atomic mass is 19.3. The summed E-state index contributed by atoms with van der Waals surface area (Å²) in [5, 5.41) is 0. The Hall–Kier alpha value is -0.140. The van der Waals surface area contributed by atoms with Crippen LogP contribution in [0.1, 0.15) is 85.0 Å². The molecule has 108 valence electrons. The molecule has 0 amide bonds. The molecule has 0 heterocycles. The molecule has 0 spiro atoms. The van der Waals surface area contributed by atoms with Crippen LogP contribution in [0.3, 0.4) is 0 Å². The molecule has 0 aromatic rings. The minimum absolute atomic E-state index is 0.140. The average Bonchev–Trinajstić information content (AvgIpc) is 2.29. The summed E-state index contributed by atoms with van der Waals surface area (Å²) in [6, 6.07) is 0. The van der Waals surface area contributed by atoms with Gasteiger partial charge < -0.3 is 0 Å². The lowest BCUT2D eigenvalue weighted by atomic mass is 9.60. The maximum Gasteiger partial charge on any atom is 0.248 e. The van der Waals surface area contributed by atoms with Crippen LogP contribution in [0, 0.1) is 11.3 Å². The number of hydrogen-bond donors (Lipinski definition) is 0. The van der Waals surface area contributed by atoms with Crippen molar-refractivity contribution in [2.24, 2.45) is 11.3 Å². The molecule has 0 nitrogen and oxygen atoms in total. The van der Waals surface area contributed by atoms with Gasteiger partial charge in [-0.1, -0.05) is 59.3 Å². The summed E-state index contributed by atoms with van der Waals surface area (Å²) in [4.78, 5) is 0. The number of rotatable bonds is 9. The van der Waals surface area contributed by atoms with Crippen LogP contribution in [0.15, 0.2) is 0 Å². The molecule has 0 saturated heterocycles. The molecule has 2 heteroatoms. The highest BCUT2D eigenvalue weighted by molar-refractivity contribution is 4.96. The number of hydrogen-bond acceptors (Lipinski definition) is 0. The molecule has 0 bridgehead atoms. The lowest BCUT2D eigenvalue weighted by Gasteiger charge is -2.47. The van der Waals surface area contributed by atoms with E-state index in [1.165, 1.54) is 38.5 Å². The monoisotopic (exact) mass is 260 g/mol. The SMILES string of the molecule is CCCCCCC(C)(CCCC)C1CC(F)(F)C1. The summed E-state index contributed by atoms with van der Waals surface area (Å²) in [6.45, 7) is 6.66. The summed E-state index contributed by atoms with van der Waals surface area (Å²) >= 11 is 0. The van der Waals surface area contributed by atoms with E-state index in [2.05, 4.69) is 20.8 Å². The summed E-state index contributed by atoms with van der Waals surface area (Å²) in [6.07, 6.45) is 9.93. The third-order valence-electron chi connectivity index (χ3n) is 4.78. The van der Waals surface area contributed by atoms with Crippen LogP contribution >= 0.6 is 0 Å². The molecule has 1 rings (SSSR count). The van der Waals surface area contributed by atoms with Crippen LogP contribution < -0.4 is 0 Å². The fourth-order valence-corrected chi connectivity index (χ4v) is 3.22. The zero-order valence-corrected chi connectivity index (χ0v) is 12.4. The molecule has 0 aromatic carbocycles. The normalized spacial score (nSPS) is 22.5. The fourth-order valence-electron chi connectivity index (χ4n) is 3.22. The van der Waals surface area contributed by atoms with E-state index < -0.39 is 5.92 Å². The van der Waals surface area contributed by atoms with E-state index >= 15 is 0 Å². The summed E-state index contributed by atoms with van der Waals surface area (Å²) in [5.41, 5.74) is 0.172. The van der Waals surface area contributed by atoms with Crippen molar-refractivity contribution in [2.45, 2.75) is 90.9 Å². The molecule has 1 aliphatic carbocycles. The first kappa shape index (κ1) is 15.9. The second-order valence-electron chi connectivity index (χ2n) is 6.53. The van der Waals surface area contributed by atoms with Gasteiger partial charge in [0.25, 0.3) is 0 Å². The van der Waals surface area contributed by atoms with Crippen molar-refractivity contribution < 1.29 is 8.78 Å². The van der Waals surface area contributed by atoms with E-state index in [1.54, 1.807) is 0 Å². The molecular weight excluding hydrogens is 230 g/mol. The van der Waals surface area contributed by atoms with E-state index in [0.717, 1.165) is 12.8 Å². The zero-order valence-electron chi connectivity index (χ0n) is 12.4. The second-order valence-corrected chi connectivity index (χ2v) is 6.53. The molecule has 1 aliphatic rings. The van der Waals surface area contributed by atoms with Gasteiger partial charge in [0.1, 0.15) is 0 Å². The molecule has 0 N–H and O–H groups in total. The van der Waals surface area contributed by atoms with Gasteiger partial charge in [0, 0.05) is 12.8 Å². The molecule has 1 unspecified atom stereocenters. The first-order valence-corrected chi connectivity index (χ1v) is 7.81. The Labute approximate surface area is 112 Å². The van der Waals surface area contributed by atoms with Crippen LogP contribution in [0.2, 0.25) is 0 Å². The highest BCUT2D eigenvalue weighted by Crippen LogP contribution is 2.54. The van der Waals surface area contributed by atoms with Gasteiger partial charge in [-0.3, -0.25) is 0 Å². The molecule has 0 radical (unpaired) electrons. The van der Waals surface area contributed by atoms with Crippen molar-refractivity contribution in [2.75, 3.05) is 0 Å². The smallest absolute Gasteiger partial charge is 0.207 e. The largest absolute Gasteiger partial charge is 0.248 e. The van der Waals surface area contributed by atoms with Gasteiger partial charge in [-0.25, -0.2) is 8.78 Å². The van der Waals surface area contributed by atoms with Crippen molar-refractivity contribution in [3.05, 3.63) is 0 Å². The van der Waals surface area contributed by atoms with Crippen LogP contribution in [0.5, 0.6) is 0 Å². The molecule has 1 fully saturated rings.